The Morgan fingerprint density at radius 1 is 1.04 bits per heavy atom. The second-order valence-electron chi connectivity index (χ2n) is 5.62. The lowest BCUT2D eigenvalue weighted by atomic mass is 10.1. The van der Waals surface area contributed by atoms with Gasteiger partial charge in [-0.25, -0.2) is 0 Å². The number of methoxy groups -OCH3 is 2. The summed E-state index contributed by atoms with van der Waals surface area (Å²) in [6, 6.07) is 12.1. The highest BCUT2D eigenvalue weighted by molar-refractivity contribution is 5.85. The highest BCUT2D eigenvalue weighted by Gasteiger charge is 2.13. The number of ether oxygens (including phenoxy) is 4. The van der Waals surface area contributed by atoms with E-state index in [-0.39, 0.29) is 12.4 Å². The number of rotatable bonds is 8. The quantitative estimate of drug-likeness (QED) is 0.724. The fourth-order valence-electron chi connectivity index (χ4n) is 2.83. The third kappa shape index (κ3) is 4.71. The second kappa shape index (κ2) is 9.39. The van der Waals surface area contributed by atoms with Gasteiger partial charge in [-0.05, 0) is 43.1 Å². The van der Waals surface area contributed by atoms with Gasteiger partial charge in [0, 0.05) is 12.1 Å². The number of hydrogen-bond acceptors (Lipinski definition) is 5. The highest BCUT2D eigenvalue weighted by atomic mass is 35.5. The van der Waals surface area contributed by atoms with Gasteiger partial charge in [-0.3, -0.25) is 0 Å². The van der Waals surface area contributed by atoms with Crippen LogP contribution in [-0.4, -0.2) is 27.6 Å². The van der Waals surface area contributed by atoms with Crippen molar-refractivity contribution >= 4 is 12.4 Å². The van der Waals surface area contributed by atoms with Crippen molar-refractivity contribution in [3.05, 3.63) is 47.5 Å². The van der Waals surface area contributed by atoms with Crippen LogP contribution in [0.2, 0.25) is 0 Å². The van der Waals surface area contributed by atoms with Crippen molar-refractivity contribution in [2.24, 2.45) is 0 Å². The summed E-state index contributed by atoms with van der Waals surface area (Å²) < 4.78 is 21.5. The summed E-state index contributed by atoms with van der Waals surface area (Å²) in [6.45, 7) is 2.00. The Balaban J connectivity index is 0.00000225. The summed E-state index contributed by atoms with van der Waals surface area (Å²) >= 11 is 0. The molecule has 0 fully saturated rings. The normalized spacial score (nSPS) is 11.8. The smallest absolute Gasteiger partial charge is 0.231 e. The van der Waals surface area contributed by atoms with E-state index in [4.69, 9.17) is 18.9 Å². The van der Waals surface area contributed by atoms with Crippen molar-refractivity contribution in [2.45, 2.75) is 19.4 Å². The lowest BCUT2D eigenvalue weighted by Gasteiger charge is -2.13. The van der Waals surface area contributed by atoms with Crippen molar-refractivity contribution < 1.29 is 18.9 Å². The Hall–Kier alpha value is -2.11. The summed E-state index contributed by atoms with van der Waals surface area (Å²) in [6.07, 6.45) is 2.05. The number of fused-ring (bicyclic) bond motifs is 1. The molecule has 0 radical (unpaired) electrons. The first-order chi connectivity index (χ1) is 11.8. The average molecular weight is 366 g/mol. The van der Waals surface area contributed by atoms with Crippen molar-refractivity contribution in [1.82, 2.24) is 5.32 Å². The molecular weight excluding hydrogens is 342 g/mol. The van der Waals surface area contributed by atoms with Gasteiger partial charge in [-0.2, -0.15) is 0 Å². The second-order valence-corrected chi connectivity index (χ2v) is 5.62. The van der Waals surface area contributed by atoms with Gasteiger partial charge >= 0.3 is 0 Å². The van der Waals surface area contributed by atoms with Gasteiger partial charge in [-0.15, -0.1) is 12.4 Å². The topological polar surface area (TPSA) is 49.0 Å². The van der Waals surface area contributed by atoms with Crippen LogP contribution >= 0.6 is 12.4 Å². The first-order valence-electron chi connectivity index (χ1n) is 8.11. The van der Waals surface area contributed by atoms with E-state index in [0.717, 1.165) is 54.5 Å². The van der Waals surface area contributed by atoms with Crippen molar-refractivity contribution in [3.63, 3.8) is 0 Å². The Morgan fingerprint density at radius 2 is 1.88 bits per heavy atom. The zero-order chi connectivity index (χ0) is 16.8. The van der Waals surface area contributed by atoms with E-state index in [1.54, 1.807) is 14.2 Å². The van der Waals surface area contributed by atoms with Crippen molar-refractivity contribution in [3.8, 4) is 23.0 Å². The van der Waals surface area contributed by atoms with Crippen LogP contribution in [0.15, 0.2) is 36.4 Å². The number of benzene rings is 2. The van der Waals surface area contributed by atoms with Gasteiger partial charge < -0.3 is 24.3 Å². The van der Waals surface area contributed by atoms with Crippen LogP contribution < -0.4 is 24.3 Å². The van der Waals surface area contributed by atoms with Gasteiger partial charge in [0.15, 0.2) is 23.0 Å². The maximum Gasteiger partial charge on any atom is 0.231 e. The standard InChI is InChI=1S/C19H23NO4.ClH/c1-21-17-7-3-6-15(19(17)22-2)12-20-10-4-5-14-8-9-16-18(11-14)24-13-23-16;/h3,6-9,11,20H,4-5,10,12-13H2,1-2H3;1H. The first kappa shape index (κ1) is 19.2. The molecule has 0 atom stereocenters. The molecule has 5 nitrogen and oxygen atoms in total. The minimum absolute atomic E-state index is 0. The zero-order valence-corrected chi connectivity index (χ0v) is 15.4. The molecule has 25 heavy (non-hydrogen) atoms. The number of aryl methyl sites for hydroxylation is 1. The Labute approximate surface area is 154 Å². The maximum absolute atomic E-state index is 5.45. The molecule has 0 saturated carbocycles. The molecule has 0 aromatic heterocycles. The van der Waals surface area contributed by atoms with E-state index in [0.29, 0.717) is 6.79 Å². The Bertz CT molecular complexity index is 693. The molecule has 0 saturated heterocycles. The molecular formula is C19H24ClNO4. The SMILES string of the molecule is COc1cccc(CNCCCc2ccc3c(c2)OCO3)c1OC.Cl. The third-order valence-electron chi connectivity index (χ3n) is 4.06. The predicted molar refractivity (Wildman–Crippen MR) is 99.4 cm³/mol. The molecule has 0 spiro atoms. The van der Waals surface area contributed by atoms with E-state index in [1.807, 2.05) is 24.3 Å². The number of nitrogens with one attached hydrogen (secondary N) is 1. The summed E-state index contributed by atoms with van der Waals surface area (Å²) in [4.78, 5) is 0. The molecule has 1 aliphatic heterocycles. The maximum atomic E-state index is 5.45. The number of hydrogen-bond donors (Lipinski definition) is 1. The molecule has 2 aromatic carbocycles. The van der Waals surface area contributed by atoms with Crippen LogP contribution in [0.3, 0.4) is 0 Å². The molecule has 0 bridgehead atoms. The van der Waals surface area contributed by atoms with Crippen LogP contribution in [0.1, 0.15) is 17.5 Å². The monoisotopic (exact) mass is 365 g/mol. The Morgan fingerprint density at radius 3 is 2.68 bits per heavy atom. The predicted octanol–water partition coefficient (Wildman–Crippen LogP) is 3.58. The van der Waals surface area contributed by atoms with E-state index in [1.165, 1.54) is 5.56 Å². The molecule has 1 heterocycles. The highest BCUT2D eigenvalue weighted by Crippen LogP contribution is 2.33. The van der Waals surface area contributed by atoms with Gasteiger partial charge in [0.25, 0.3) is 0 Å². The lowest BCUT2D eigenvalue weighted by Crippen LogP contribution is -2.16. The van der Waals surface area contributed by atoms with E-state index >= 15 is 0 Å². The van der Waals surface area contributed by atoms with E-state index < -0.39 is 0 Å². The van der Waals surface area contributed by atoms with Crippen LogP contribution in [0, 0.1) is 0 Å². The van der Waals surface area contributed by atoms with Crippen LogP contribution in [0.5, 0.6) is 23.0 Å². The Kier molecular flexibility index (Phi) is 7.22. The van der Waals surface area contributed by atoms with Crippen LogP contribution in [0.4, 0.5) is 0 Å². The number of para-hydroxylation sites is 1. The minimum atomic E-state index is 0. The van der Waals surface area contributed by atoms with Crippen molar-refractivity contribution in [1.29, 1.82) is 0 Å². The molecule has 6 heteroatoms. The summed E-state index contributed by atoms with van der Waals surface area (Å²) in [5.41, 5.74) is 2.36. The van der Waals surface area contributed by atoms with Crippen LogP contribution in [-0.2, 0) is 13.0 Å². The summed E-state index contributed by atoms with van der Waals surface area (Å²) in [5.74, 6) is 3.24. The molecule has 0 unspecified atom stereocenters. The molecule has 3 rings (SSSR count). The van der Waals surface area contributed by atoms with Gasteiger partial charge in [-0.1, -0.05) is 18.2 Å². The minimum Gasteiger partial charge on any atom is -0.493 e. The molecule has 136 valence electrons. The molecule has 1 aliphatic rings. The molecule has 0 amide bonds. The molecule has 1 N–H and O–H groups in total. The first-order valence-corrected chi connectivity index (χ1v) is 8.11. The fourth-order valence-corrected chi connectivity index (χ4v) is 2.83. The summed E-state index contributed by atoms with van der Waals surface area (Å²) in [7, 11) is 3.32. The third-order valence-corrected chi connectivity index (χ3v) is 4.06. The lowest BCUT2D eigenvalue weighted by molar-refractivity contribution is 0.174. The van der Waals surface area contributed by atoms with Gasteiger partial charge in [0.1, 0.15) is 0 Å². The van der Waals surface area contributed by atoms with E-state index in [9.17, 15) is 0 Å². The number of halogens is 1. The van der Waals surface area contributed by atoms with Gasteiger partial charge in [0.2, 0.25) is 6.79 Å². The van der Waals surface area contributed by atoms with E-state index in [2.05, 4.69) is 17.4 Å². The fraction of sp³-hybridized carbons (Fsp3) is 0.368. The average Bonchev–Trinajstić information content (AvgIpc) is 3.08. The van der Waals surface area contributed by atoms with Gasteiger partial charge in [0.05, 0.1) is 14.2 Å². The van der Waals surface area contributed by atoms with Crippen molar-refractivity contribution in [2.75, 3.05) is 27.6 Å². The molecule has 0 aliphatic carbocycles. The molecule has 2 aromatic rings. The van der Waals surface area contributed by atoms with Crippen LogP contribution in [0.25, 0.3) is 0 Å². The summed E-state index contributed by atoms with van der Waals surface area (Å²) in [5, 5.41) is 3.46. The largest absolute Gasteiger partial charge is 0.493 e. The zero-order valence-electron chi connectivity index (χ0n) is 14.5.